The highest BCUT2D eigenvalue weighted by molar-refractivity contribution is 4.69. The summed E-state index contributed by atoms with van der Waals surface area (Å²) in [5.41, 5.74) is 0. The van der Waals surface area contributed by atoms with Gasteiger partial charge in [-0.15, -0.1) is 0 Å². The molecular weight excluding hydrogens is 188 g/mol. The smallest absolute Gasteiger partial charge is 0.0791 e. The van der Waals surface area contributed by atoms with E-state index in [0.717, 1.165) is 6.54 Å². The second-order valence-electron chi connectivity index (χ2n) is 4.79. The molecule has 0 amide bonds. The van der Waals surface area contributed by atoms with E-state index in [1.807, 2.05) is 0 Å². The summed E-state index contributed by atoms with van der Waals surface area (Å²) >= 11 is 0. The zero-order chi connectivity index (χ0) is 11.8. The largest absolute Gasteiger partial charge is 0.390 e. The van der Waals surface area contributed by atoms with Gasteiger partial charge in [0.25, 0.3) is 0 Å². The van der Waals surface area contributed by atoms with Crippen LogP contribution in [0, 0.1) is 0 Å². The van der Waals surface area contributed by atoms with Crippen LogP contribution in [0.2, 0.25) is 0 Å². The molecule has 0 aliphatic carbocycles. The van der Waals surface area contributed by atoms with E-state index in [2.05, 4.69) is 45.0 Å². The minimum Gasteiger partial charge on any atom is -0.390 e. The first kappa shape index (κ1) is 14.9. The van der Waals surface area contributed by atoms with Crippen molar-refractivity contribution in [2.75, 3.05) is 20.1 Å². The van der Waals surface area contributed by atoms with E-state index in [1.54, 1.807) is 0 Å². The monoisotopic (exact) mass is 216 g/mol. The van der Waals surface area contributed by atoms with Gasteiger partial charge in [-0.1, -0.05) is 27.2 Å². The van der Waals surface area contributed by atoms with E-state index in [0.29, 0.717) is 18.6 Å². The normalized spacial score (nSPS) is 16.0. The number of nitrogens with one attached hydrogen (secondary N) is 1. The second kappa shape index (κ2) is 8.08. The predicted octanol–water partition coefficient (Wildman–Crippen LogP) is 1.47. The molecule has 0 heterocycles. The molecule has 0 aliphatic rings. The molecule has 2 N–H and O–H groups in total. The van der Waals surface area contributed by atoms with Crippen molar-refractivity contribution < 1.29 is 5.11 Å². The van der Waals surface area contributed by atoms with Gasteiger partial charge in [-0.2, -0.15) is 0 Å². The van der Waals surface area contributed by atoms with E-state index in [4.69, 9.17) is 0 Å². The number of aliphatic hydroxyl groups is 1. The summed E-state index contributed by atoms with van der Waals surface area (Å²) in [4.78, 5) is 2.23. The summed E-state index contributed by atoms with van der Waals surface area (Å²) in [6, 6.07) is 1.00. The molecule has 3 heteroatoms. The Kier molecular flexibility index (Phi) is 8.02. The fourth-order valence-corrected chi connectivity index (χ4v) is 1.59. The number of likely N-dealkylation sites (N-methyl/N-ethyl adjacent to an activating group) is 1. The van der Waals surface area contributed by atoms with E-state index in [1.165, 1.54) is 12.8 Å². The molecule has 92 valence electrons. The molecule has 0 aliphatic heterocycles. The van der Waals surface area contributed by atoms with Gasteiger partial charge >= 0.3 is 0 Å². The third-order valence-corrected chi connectivity index (χ3v) is 2.72. The van der Waals surface area contributed by atoms with Crippen LogP contribution in [-0.4, -0.2) is 48.3 Å². The Balaban J connectivity index is 3.69. The van der Waals surface area contributed by atoms with Crippen LogP contribution in [-0.2, 0) is 0 Å². The molecule has 2 unspecified atom stereocenters. The lowest BCUT2D eigenvalue weighted by Gasteiger charge is -2.27. The minimum atomic E-state index is -0.267. The van der Waals surface area contributed by atoms with Gasteiger partial charge < -0.3 is 15.3 Å². The fraction of sp³-hybridized carbons (Fsp3) is 1.00. The van der Waals surface area contributed by atoms with Crippen molar-refractivity contribution in [2.24, 2.45) is 0 Å². The third-order valence-electron chi connectivity index (χ3n) is 2.72. The Morgan fingerprint density at radius 1 is 1.27 bits per heavy atom. The summed E-state index contributed by atoms with van der Waals surface area (Å²) in [5.74, 6) is 0. The number of rotatable bonds is 8. The molecule has 0 rings (SSSR count). The van der Waals surface area contributed by atoms with Crippen LogP contribution in [0.4, 0.5) is 0 Å². The van der Waals surface area contributed by atoms with Crippen molar-refractivity contribution in [3.63, 3.8) is 0 Å². The number of nitrogens with zero attached hydrogens (tertiary/aromatic N) is 1. The Hall–Kier alpha value is -0.120. The molecule has 0 saturated carbocycles. The minimum absolute atomic E-state index is 0.267. The first-order chi connectivity index (χ1) is 6.97. The maximum atomic E-state index is 9.78. The van der Waals surface area contributed by atoms with Crippen LogP contribution in [0.3, 0.4) is 0 Å². The molecule has 0 radical (unpaired) electrons. The number of hydrogen-bond acceptors (Lipinski definition) is 3. The van der Waals surface area contributed by atoms with Crippen molar-refractivity contribution in [2.45, 2.75) is 58.7 Å². The Morgan fingerprint density at radius 3 is 2.33 bits per heavy atom. The van der Waals surface area contributed by atoms with E-state index < -0.39 is 0 Å². The quantitative estimate of drug-likeness (QED) is 0.645. The van der Waals surface area contributed by atoms with Gasteiger partial charge in [-0.3, -0.25) is 0 Å². The zero-order valence-corrected chi connectivity index (χ0v) is 11.0. The SMILES string of the molecule is CCCC(C)N(C)CC(O)CNC(C)C. The van der Waals surface area contributed by atoms with Crippen LogP contribution in [0.1, 0.15) is 40.5 Å². The summed E-state index contributed by atoms with van der Waals surface area (Å²) < 4.78 is 0. The van der Waals surface area contributed by atoms with Gasteiger partial charge in [-0.25, -0.2) is 0 Å². The van der Waals surface area contributed by atoms with Crippen LogP contribution in [0.15, 0.2) is 0 Å². The highest BCUT2D eigenvalue weighted by Crippen LogP contribution is 2.04. The zero-order valence-electron chi connectivity index (χ0n) is 11.0. The molecular formula is C12H28N2O. The average Bonchev–Trinajstić information content (AvgIpc) is 2.15. The Morgan fingerprint density at radius 2 is 1.87 bits per heavy atom. The lowest BCUT2D eigenvalue weighted by molar-refractivity contribution is 0.103. The molecule has 3 nitrogen and oxygen atoms in total. The van der Waals surface area contributed by atoms with Gasteiger partial charge in [-0.05, 0) is 20.4 Å². The topological polar surface area (TPSA) is 35.5 Å². The van der Waals surface area contributed by atoms with Crippen molar-refractivity contribution in [1.29, 1.82) is 0 Å². The summed E-state index contributed by atoms with van der Waals surface area (Å²) in [5, 5.41) is 13.0. The lowest BCUT2D eigenvalue weighted by atomic mass is 10.1. The van der Waals surface area contributed by atoms with Gasteiger partial charge in [0.2, 0.25) is 0 Å². The maximum Gasteiger partial charge on any atom is 0.0791 e. The number of hydrogen-bond donors (Lipinski definition) is 2. The Labute approximate surface area is 94.9 Å². The van der Waals surface area contributed by atoms with Gasteiger partial charge in [0.15, 0.2) is 0 Å². The van der Waals surface area contributed by atoms with Crippen molar-refractivity contribution >= 4 is 0 Å². The molecule has 15 heavy (non-hydrogen) atoms. The summed E-state index contributed by atoms with van der Waals surface area (Å²) in [6.45, 7) is 10.0. The van der Waals surface area contributed by atoms with Crippen LogP contribution >= 0.6 is 0 Å². The average molecular weight is 216 g/mol. The summed E-state index contributed by atoms with van der Waals surface area (Å²) in [7, 11) is 2.08. The molecule has 0 spiro atoms. The molecule has 0 fully saturated rings. The number of aliphatic hydroxyl groups excluding tert-OH is 1. The van der Waals surface area contributed by atoms with E-state index >= 15 is 0 Å². The lowest BCUT2D eigenvalue weighted by Crippen LogP contribution is -2.41. The predicted molar refractivity (Wildman–Crippen MR) is 66.1 cm³/mol. The first-order valence-corrected chi connectivity index (χ1v) is 6.09. The first-order valence-electron chi connectivity index (χ1n) is 6.09. The summed E-state index contributed by atoms with van der Waals surface area (Å²) in [6.07, 6.45) is 2.13. The van der Waals surface area contributed by atoms with Gasteiger partial charge in [0, 0.05) is 25.2 Å². The van der Waals surface area contributed by atoms with E-state index in [9.17, 15) is 5.11 Å². The molecule has 0 aromatic carbocycles. The van der Waals surface area contributed by atoms with Gasteiger partial charge in [0.05, 0.1) is 6.10 Å². The van der Waals surface area contributed by atoms with Crippen LogP contribution in [0.5, 0.6) is 0 Å². The Bertz CT molecular complexity index is 151. The standard InChI is InChI=1S/C12H28N2O/c1-6-7-11(4)14(5)9-12(15)8-13-10(2)3/h10-13,15H,6-9H2,1-5H3. The van der Waals surface area contributed by atoms with Crippen molar-refractivity contribution in [3.05, 3.63) is 0 Å². The van der Waals surface area contributed by atoms with Crippen LogP contribution < -0.4 is 5.32 Å². The van der Waals surface area contributed by atoms with E-state index in [-0.39, 0.29) is 6.10 Å². The molecule has 0 bridgehead atoms. The van der Waals surface area contributed by atoms with Crippen molar-refractivity contribution in [3.8, 4) is 0 Å². The fourth-order valence-electron chi connectivity index (χ4n) is 1.59. The highest BCUT2D eigenvalue weighted by Gasteiger charge is 2.12. The van der Waals surface area contributed by atoms with Crippen LogP contribution in [0.25, 0.3) is 0 Å². The van der Waals surface area contributed by atoms with Gasteiger partial charge in [0.1, 0.15) is 0 Å². The second-order valence-corrected chi connectivity index (χ2v) is 4.79. The van der Waals surface area contributed by atoms with Crippen molar-refractivity contribution in [1.82, 2.24) is 10.2 Å². The molecule has 0 aromatic heterocycles. The molecule has 0 aromatic rings. The highest BCUT2D eigenvalue weighted by atomic mass is 16.3. The molecule has 0 saturated heterocycles. The third kappa shape index (κ3) is 7.77. The maximum absolute atomic E-state index is 9.78. The molecule has 2 atom stereocenters.